The van der Waals surface area contributed by atoms with Gasteiger partial charge in [0.25, 0.3) is 0 Å². The lowest BCUT2D eigenvalue weighted by Crippen LogP contribution is -2.21. The summed E-state index contributed by atoms with van der Waals surface area (Å²) >= 11 is 6.30. The van der Waals surface area contributed by atoms with E-state index in [1.165, 1.54) is 12.1 Å². The van der Waals surface area contributed by atoms with Crippen LogP contribution in [0, 0.1) is 17.1 Å². The fraction of sp³-hybridized carbons (Fsp3) is 0.100. The summed E-state index contributed by atoms with van der Waals surface area (Å²) in [7, 11) is 1.57. The number of fused-ring (bicyclic) bond motifs is 1. The van der Waals surface area contributed by atoms with Crippen LogP contribution >= 0.6 is 11.6 Å². The maximum atomic E-state index is 14.8. The van der Waals surface area contributed by atoms with Crippen LogP contribution in [0.5, 0.6) is 11.6 Å². The van der Waals surface area contributed by atoms with E-state index in [1.54, 1.807) is 25.3 Å². The van der Waals surface area contributed by atoms with E-state index in [1.807, 2.05) is 18.2 Å². The zero-order valence-electron chi connectivity index (χ0n) is 14.7. The maximum Gasteiger partial charge on any atom is 0.244 e. The number of rotatable bonds is 3. The molecule has 2 aromatic carbocycles. The molecular formula is C20H14ClFN4O2. The quantitative estimate of drug-likeness (QED) is 0.694. The van der Waals surface area contributed by atoms with Gasteiger partial charge in [0.15, 0.2) is 0 Å². The van der Waals surface area contributed by atoms with E-state index in [9.17, 15) is 9.65 Å². The average molecular weight is 397 g/mol. The SMILES string of the molecule is COc1ccc(-c2[nH]nc3c2C(c2c(F)cccc2Cl)C(C#N)=C(N)O3)cc1. The van der Waals surface area contributed by atoms with Crippen LogP contribution in [0.1, 0.15) is 17.0 Å². The monoisotopic (exact) mass is 396 g/mol. The van der Waals surface area contributed by atoms with E-state index < -0.39 is 11.7 Å². The number of nitrogens with one attached hydrogen (secondary N) is 1. The molecule has 1 aromatic heterocycles. The summed E-state index contributed by atoms with van der Waals surface area (Å²) in [4.78, 5) is 0. The van der Waals surface area contributed by atoms with Crippen LogP contribution in [0.4, 0.5) is 4.39 Å². The van der Waals surface area contributed by atoms with Crippen molar-refractivity contribution in [3.8, 4) is 29.0 Å². The first-order valence-corrected chi connectivity index (χ1v) is 8.67. The predicted molar refractivity (Wildman–Crippen MR) is 101 cm³/mol. The molecule has 0 spiro atoms. The third-order valence-corrected chi connectivity index (χ3v) is 4.94. The van der Waals surface area contributed by atoms with Gasteiger partial charge in [-0.1, -0.05) is 17.7 Å². The molecule has 0 saturated carbocycles. The van der Waals surface area contributed by atoms with Crippen molar-refractivity contribution < 1.29 is 13.9 Å². The highest BCUT2D eigenvalue weighted by atomic mass is 35.5. The van der Waals surface area contributed by atoms with Crippen LogP contribution in [0.15, 0.2) is 53.9 Å². The Morgan fingerprint density at radius 1 is 1.25 bits per heavy atom. The zero-order chi connectivity index (χ0) is 19.8. The molecule has 4 rings (SSSR count). The Morgan fingerprint density at radius 2 is 2.00 bits per heavy atom. The Kier molecular flexibility index (Phi) is 4.41. The summed E-state index contributed by atoms with van der Waals surface area (Å²) in [5.41, 5.74) is 7.94. The van der Waals surface area contributed by atoms with Gasteiger partial charge in [-0.3, -0.25) is 5.10 Å². The van der Waals surface area contributed by atoms with E-state index in [4.69, 9.17) is 26.8 Å². The molecule has 2 heterocycles. The second-order valence-electron chi connectivity index (χ2n) is 6.11. The van der Waals surface area contributed by atoms with Crippen LogP contribution in [-0.2, 0) is 0 Å². The number of halogens is 2. The molecule has 3 aromatic rings. The summed E-state index contributed by atoms with van der Waals surface area (Å²) < 4.78 is 25.5. The number of nitrogens with two attached hydrogens (primary N) is 1. The third-order valence-electron chi connectivity index (χ3n) is 4.61. The number of methoxy groups -OCH3 is 1. The van der Waals surface area contributed by atoms with Crippen molar-refractivity contribution in [3.05, 3.63) is 75.9 Å². The first kappa shape index (κ1) is 17.9. The number of ether oxygens (including phenoxy) is 2. The van der Waals surface area contributed by atoms with E-state index in [0.717, 1.165) is 5.56 Å². The number of hydrogen-bond acceptors (Lipinski definition) is 5. The number of benzene rings is 2. The van der Waals surface area contributed by atoms with Gasteiger partial charge in [-0.2, -0.15) is 5.26 Å². The van der Waals surface area contributed by atoms with Gasteiger partial charge >= 0.3 is 0 Å². The third kappa shape index (κ3) is 2.75. The second kappa shape index (κ2) is 6.91. The standard InChI is InChI=1S/C20H14ClFN4O2/c1-27-11-7-5-10(6-8-11)18-17-15(16-13(21)3-2-4-14(16)22)12(9-23)19(24)28-20(17)26-25-18/h2-8,15H,24H2,1H3,(H,25,26). The topological polar surface area (TPSA) is 97.0 Å². The summed E-state index contributed by atoms with van der Waals surface area (Å²) in [6.45, 7) is 0. The molecule has 0 fully saturated rings. The summed E-state index contributed by atoms with van der Waals surface area (Å²) in [5.74, 6) is -0.686. The van der Waals surface area contributed by atoms with Crippen molar-refractivity contribution >= 4 is 11.6 Å². The number of allylic oxidation sites excluding steroid dienone is 1. The molecule has 1 aliphatic rings. The molecule has 1 atom stereocenters. The van der Waals surface area contributed by atoms with Crippen molar-refractivity contribution in [3.63, 3.8) is 0 Å². The second-order valence-corrected chi connectivity index (χ2v) is 6.51. The molecule has 1 aliphatic heterocycles. The van der Waals surface area contributed by atoms with Gasteiger partial charge in [0.1, 0.15) is 23.2 Å². The Morgan fingerprint density at radius 3 is 2.64 bits per heavy atom. The minimum absolute atomic E-state index is 0.0654. The van der Waals surface area contributed by atoms with Gasteiger partial charge in [0, 0.05) is 16.1 Å². The average Bonchev–Trinajstić information content (AvgIpc) is 3.11. The number of aromatic nitrogens is 2. The maximum absolute atomic E-state index is 14.8. The van der Waals surface area contributed by atoms with Crippen molar-refractivity contribution in [1.29, 1.82) is 5.26 Å². The van der Waals surface area contributed by atoms with Crippen LogP contribution in [0.3, 0.4) is 0 Å². The van der Waals surface area contributed by atoms with E-state index in [0.29, 0.717) is 17.0 Å². The summed E-state index contributed by atoms with van der Waals surface area (Å²) in [5, 5.41) is 16.9. The lowest BCUT2D eigenvalue weighted by Gasteiger charge is -2.25. The number of aromatic amines is 1. The van der Waals surface area contributed by atoms with Crippen molar-refractivity contribution in [2.75, 3.05) is 7.11 Å². The number of hydrogen-bond donors (Lipinski definition) is 2. The highest BCUT2D eigenvalue weighted by Crippen LogP contribution is 2.47. The largest absolute Gasteiger partial charge is 0.497 e. The van der Waals surface area contributed by atoms with Crippen molar-refractivity contribution in [1.82, 2.24) is 10.2 Å². The first-order chi connectivity index (χ1) is 13.5. The molecule has 0 amide bonds. The van der Waals surface area contributed by atoms with Gasteiger partial charge in [-0.25, -0.2) is 4.39 Å². The molecule has 0 bridgehead atoms. The highest BCUT2D eigenvalue weighted by molar-refractivity contribution is 6.31. The molecule has 8 heteroatoms. The Labute approximate surface area is 165 Å². The normalized spacial score (nSPS) is 15.6. The van der Waals surface area contributed by atoms with Crippen LogP contribution < -0.4 is 15.2 Å². The van der Waals surface area contributed by atoms with E-state index >= 15 is 0 Å². The lowest BCUT2D eigenvalue weighted by molar-refractivity contribution is 0.378. The molecule has 28 heavy (non-hydrogen) atoms. The molecule has 3 N–H and O–H groups in total. The molecule has 1 unspecified atom stereocenters. The van der Waals surface area contributed by atoms with Crippen molar-refractivity contribution in [2.45, 2.75) is 5.92 Å². The van der Waals surface area contributed by atoms with Crippen LogP contribution in [0.2, 0.25) is 5.02 Å². The summed E-state index contributed by atoms with van der Waals surface area (Å²) in [6, 6.07) is 13.6. The fourth-order valence-electron chi connectivity index (χ4n) is 3.30. The van der Waals surface area contributed by atoms with Gasteiger partial charge in [0.05, 0.1) is 24.3 Å². The van der Waals surface area contributed by atoms with E-state index in [2.05, 4.69) is 10.2 Å². The molecule has 140 valence electrons. The van der Waals surface area contributed by atoms with Gasteiger partial charge in [0.2, 0.25) is 11.8 Å². The predicted octanol–water partition coefficient (Wildman–Crippen LogP) is 4.10. The van der Waals surface area contributed by atoms with Gasteiger partial charge in [-0.05, 0) is 36.4 Å². The van der Waals surface area contributed by atoms with E-state index in [-0.39, 0.29) is 27.9 Å². The molecule has 6 nitrogen and oxygen atoms in total. The summed E-state index contributed by atoms with van der Waals surface area (Å²) in [6.07, 6.45) is 0. The molecule has 0 aliphatic carbocycles. The molecule has 0 radical (unpaired) electrons. The van der Waals surface area contributed by atoms with Gasteiger partial charge < -0.3 is 15.2 Å². The smallest absolute Gasteiger partial charge is 0.244 e. The van der Waals surface area contributed by atoms with Crippen LogP contribution in [-0.4, -0.2) is 17.3 Å². The minimum Gasteiger partial charge on any atom is -0.497 e. The Balaban J connectivity index is 1.97. The lowest BCUT2D eigenvalue weighted by atomic mass is 9.82. The van der Waals surface area contributed by atoms with Gasteiger partial charge in [-0.15, -0.1) is 5.10 Å². The fourth-order valence-corrected chi connectivity index (χ4v) is 3.57. The number of H-pyrrole nitrogens is 1. The highest BCUT2D eigenvalue weighted by Gasteiger charge is 2.38. The Hall–Kier alpha value is -3.50. The molecule has 0 saturated heterocycles. The minimum atomic E-state index is -0.863. The first-order valence-electron chi connectivity index (χ1n) is 8.29. The Bertz CT molecular complexity index is 1110. The number of nitrogens with zero attached hydrogens (tertiary/aromatic N) is 2. The molecular weight excluding hydrogens is 383 g/mol. The van der Waals surface area contributed by atoms with Crippen molar-refractivity contribution in [2.24, 2.45) is 5.73 Å². The van der Waals surface area contributed by atoms with Crippen LogP contribution in [0.25, 0.3) is 11.3 Å². The zero-order valence-corrected chi connectivity index (χ0v) is 15.4. The number of nitriles is 1.